The van der Waals surface area contributed by atoms with E-state index in [1.165, 1.54) is 35.1 Å². The molecule has 0 bridgehead atoms. The van der Waals surface area contributed by atoms with E-state index in [0.717, 1.165) is 0 Å². The lowest BCUT2D eigenvalue weighted by Crippen LogP contribution is -2.50. The number of nitrogens with zero attached hydrogens (tertiary/aromatic N) is 4. The Kier molecular flexibility index (Phi) is 6.06. The van der Waals surface area contributed by atoms with Crippen LogP contribution in [0.2, 0.25) is 0 Å². The standard InChI is InChI=1S/C16H25N5O5S/c1-20(2)27(23,24)21-7-8-25-12-16(11-21)5-3-14(26-16)10-17-15(22)13-4-6-18-19-9-13/h4,6,9,14H,3,5,7-8,10-12H2,1-2H3,(H,17,22). The Balaban J connectivity index is 1.60. The quantitative estimate of drug-likeness (QED) is 0.694. The van der Waals surface area contributed by atoms with Crippen molar-refractivity contribution in [2.75, 3.05) is 46.9 Å². The molecule has 0 radical (unpaired) electrons. The van der Waals surface area contributed by atoms with Gasteiger partial charge in [-0.25, -0.2) is 0 Å². The number of carbonyl (C=O) groups is 1. The number of ether oxygens (including phenoxy) is 2. The van der Waals surface area contributed by atoms with Crippen LogP contribution in [0, 0.1) is 0 Å². The van der Waals surface area contributed by atoms with Crippen LogP contribution in [0.5, 0.6) is 0 Å². The first-order valence-corrected chi connectivity index (χ1v) is 10.2. The van der Waals surface area contributed by atoms with Crippen LogP contribution in [0.25, 0.3) is 0 Å². The topological polar surface area (TPSA) is 114 Å². The number of carbonyl (C=O) groups excluding carboxylic acids is 1. The van der Waals surface area contributed by atoms with Crippen LogP contribution in [-0.2, 0) is 19.7 Å². The Labute approximate surface area is 159 Å². The van der Waals surface area contributed by atoms with Gasteiger partial charge in [0.25, 0.3) is 16.1 Å². The van der Waals surface area contributed by atoms with Gasteiger partial charge in [-0.05, 0) is 18.9 Å². The van der Waals surface area contributed by atoms with E-state index < -0.39 is 15.8 Å². The first kappa shape index (κ1) is 20.1. The molecule has 2 aliphatic heterocycles. The third-order valence-corrected chi connectivity index (χ3v) is 6.66. The smallest absolute Gasteiger partial charge is 0.281 e. The molecule has 27 heavy (non-hydrogen) atoms. The molecule has 1 amide bonds. The van der Waals surface area contributed by atoms with E-state index in [9.17, 15) is 13.2 Å². The summed E-state index contributed by atoms with van der Waals surface area (Å²) in [6, 6.07) is 1.59. The van der Waals surface area contributed by atoms with Gasteiger partial charge in [-0.3, -0.25) is 4.79 Å². The van der Waals surface area contributed by atoms with Gasteiger partial charge in [0.2, 0.25) is 0 Å². The normalized spacial score (nSPS) is 27.0. The molecule has 11 heteroatoms. The summed E-state index contributed by atoms with van der Waals surface area (Å²) >= 11 is 0. The minimum Gasteiger partial charge on any atom is -0.377 e. The average Bonchev–Trinajstić information content (AvgIpc) is 2.92. The molecule has 150 valence electrons. The molecule has 2 atom stereocenters. The number of aromatic nitrogens is 2. The Hall–Kier alpha value is -1.66. The van der Waals surface area contributed by atoms with E-state index in [2.05, 4.69) is 15.5 Å². The number of amides is 1. The third kappa shape index (κ3) is 4.61. The van der Waals surface area contributed by atoms with Gasteiger partial charge in [0.1, 0.15) is 5.60 Å². The van der Waals surface area contributed by atoms with Gasteiger partial charge in [0.05, 0.1) is 37.3 Å². The van der Waals surface area contributed by atoms with Gasteiger partial charge in [-0.1, -0.05) is 0 Å². The number of rotatable bonds is 5. The molecule has 0 aliphatic carbocycles. The highest BCUT2D eigenvalue weighted by atomic mass is 32.2. The molecule has 3 heterocycles. The van der Waals surface area contributed by atoms with Gasteiger partial charge in [-0.2, -0.15) is 27.2 Å². The van der Waals surface area contributed by atoms with Crippen molar-refractivity contribution in [3.05, 3.63) is 24.0 Å². The van der Waals surface area contributed by atoms with Gasteiger partial charge in [0.15, 0.2) is 0 Å². The minimum atomic E-state index is -3.54. The maximum atomic E-state index is 12.5. The highest BCUT2D eigenvalue weighted by Gasteiger charge is 2.45. The first-order chi connectivity index (χ1) is 12.8. The van der Waals surface area contributed by atoms with Crippen LogP contribution in [0.1, 0.15) is 23.2 Å². The van der Waals surface area contributed by atoms with Crippen molar-refractivity contribution in [3.8, 4) is 0 Å². The van der Waals surface area contributed by atoms with E-state index in [0.29, 0.717) is 44.7 Å². The Morgan fingerprint density at radius 2 is 2.26 bits per heavy atom. The zero-order valence-electron chi connectivity index (χ0n) is 15.5. The molecule has 1 aromatic heterocycles. The van der Waals surface area contributed by atoms with E-state index in [4.69, 9.17) is 9.47 Å². The van der Waals surface area contributed by atoms with Gasteiger partial charge < -0.3 is 14.8 Å². The van der Waals surface area contributed by atoms with Crippen molar-refractivity contribution in [2.45, 2.75) is 24.5 Å². The van der Waals surface area contributed by atoms with Crippen LogP contribution in [-0.4, -0.2) is 91.8 Å². The summed E-state index contributed by atoms with van der Waals surface area (Å²) in [6.07, 6.45) is 4.04. The number of nitrogens with one attached hydrogen (secondary N) is 1. The Bertz CT molecular complexity index is 760. The summed E-state index contributed by atoms with van der Waals surface area (Å²) in [7, 11) is -0.523. The maximum absolute atomic E-state index is 12.5. The zero-order valence-corrected chi connectivity index (χ0v) is 16.3. The molecule has 2 fully saturated rings. The Morgan fingerprint density at radius 1 is 1.44 bits per heavy atom. The molecule has 10 nitrogen and oxygen atoms in total. The van der Waals surface area contributed by atoms with Crippen molar-refractivity contribution < 1.29 is 22.7 Å². The molecule has 2 aliphatic rings. The number of hydrogen-bond donors (Lipinski definition) is 1. The molecule has 2 unspecified atom stereocenters. The summed E-state index contributed by atoms with van der Waals surface area (Å²) in [5, 5.41) is 10.2. The molecule has 1 spiro atoms. The Morgan fingerprint density at radius 3 is 2.96 bits per heavy atom. The molecule has 0 saturated carbocycles. The first-order valence-electron chi connectivity index (χ1n) is 8.80. The lowest BCUT2D eigenvalue weighted by atomic mass is 10.0. The predicted molar refractivity (Wildman–Crippen MR) is 96.2 cm³/mol. The predicted octanol–water partition coefficient (Wildman–Crippen LogP) is -0.737. The average molecular weight is 399 g/mol. The van der Waals surface area contributed by atoms with Gasteiger partial charge in [0, 0.05) is 33.7 Å². The largest absolute Gasteiger partial charge is 0.377 e. The maximum Gasteiger partial charge on any atom is 0.281 e. The van der Waals surface area contributed by atoms with Crippen LogP contribution in [0.4, 0.5) is 0 Å². The van der Waals surface area contributed by atoms with Crippen molar-refractivity contribution in [3.63, 3.8) is 0 Å². The monoisotopic (exact) mass is 399 g/mol. The fourth-order valence-electron chi connectivity index (χ4n) is 3.29. The second-order valence-corrected chi connectivity index (χ2v) is 9.12. The molecule has 1 N–H and O–H groups in total. The fourth-order valence-corrected chi connectivity index (χ4v) is 4.46. The second-order valence-electron chi connectivity index (χ2n) is 6.98. The van der Waals surface area contributed by atoms with Gasteiger partial charge in [-0.15, -0.1) is 0 Å². The minimum absolute atomic E-state index is 0.200. The highest BCUT2D eigenvalue weighted by Crippen LogP contribution is 2.33. The fraction of sp³-hybridized carbons (Fsp3) is 0.688. The van der Waals surface area contributed by atoms with E-state index in [1.807, 2.05) is 0 Å². The molecule has 1 aromatic rings. The van der Waals surface area contributed by atoms with Crippen molar-refractivity contribution in [1.29, 1.82) is 0 Å². The number of hydrogen-bond acceptors (Lipinski definition) is 7. The van der Waals surface area contributed by atoms with Crippen molar-refractivity contribution >= 4 is 16.1 Å². The lowest BCUT2D eigenvalue weighted by Gasteiger charge is -2.32. The third-order valence-electron chi connectivity index (χ3n) is 4.78. The summed E-state index contributed by atoms with van der Waals surface area (Å²) in [4.78, 5) is 12.1. The lowest BCUT2D eigenvalue weighted by molar-refractivity contribution is -0.0804. The summed E-state index contributed by atoms with van der Waals surface area (Å²) in [5.74, 6) is -0.247. The SMILES string of the molecule is CN(C)S(=O)(=O)N1CCOCC2(CCC(CNC(=O)c3ccnnc3)O2)C1. The van der Waals surface area contributed by atoms with Crippen molar-refractivity contribution in [2.24, 2.45) is 0 Å². The van der Waals surface area contributed by atoms with E-state index >= 15 is 0 Å². The zero-order chi connectivity index (χ0) is 19.5. The van der Waals surface area contributed by atoms with Crippen molar-refractivity contribution in [1.82, 2.24) is 24.1 Å². The van der Waals surface area contributed by atoms with Crippen LogP contribution >= 0.6 is 0 Å². The highest BCUT2D eigenvalue weighted by molar-refractivity contribution is 7.86. The molecule has 3 rings (SSSR count). The van der Waals surface area contributed by atoms with Crippen LogP contribution < -0.4 is 5.32 Å². The van der Waals surface area contributed by atoms with E-state index in [1.54, 1.807) is 6.07 Å². The van der Waals surface area contributed by atoms with E-state index in [-0.39, 0.29) is 18.6 Å². The second kappa shape index (κ2) is 8.15. The summed E-state index contributed by atoms with van der Waals surface area (Å²) in [6.45, 7) is 1.54. The molecular weight excluding hydrogens is 374 g/mol. The summed E-state index contributed by atoms with van der Waals surface area (Å²) < 4.78 is 39.4. The molecule has 0 aromatic carbocycles. The molecular formula is C16H25N5O5S. The van der Waals surface area contributed by atoms with Crippen LogP contribution in [0.15, 0.2) is 18.5 Å². The van der Waals surface area contributed by atoms with Gasteiger partial charge >= 0.3 is 0 Å². The molecule has 2 saturated heterocycles. The van der Waals surface area contributed by atoms with Crippen LogP contribution in [0.3, 0.4) is 0 Å². The summed E-state index contributed by atoms with van der Waals surface area (Å²) in [5.41, 5.74) is -0.258.